The van der Waals surface area contributed by atoms with Crippen LogP contribution in [0.2, 0.25) is 10.0 Å². The molecule has 0 aliphatic carbocycles. The molecule has 0 saturated heterocycles. The number of fused-ring (bicyclic) bond motifs is 1. The molecule has 0 fully saturated rings. The van der Waals surface area contributed by atoms with Crippen molar-refractivity contribution in [3.05, 3.63) is 81.1 Å². The van der Waals surface area contributed by atoms with Crippen LogP contribution in [0.3, 0.4) is 0 Å². The number of aromatic nitrogens is 5. The van der Waals surface area contributed by atoms with E-state index in [1.807, 2.05) is 0 Å². The van der Waals surface area contributed by atoms with Gasteiger partial charge in [0.2, 0.25) is 5.95 Å². The molecular weight excluding hydrogens is 451 g/mol. The Labute approximate surface area is 193 Å². The second-order valence-electron chi connectivity index (χ2n) is 7.34. The van der Waals surface area contributed by atoms with Crippen molar-refractivity contribution in [1.29, 1.82) is 0 Å². The van der Waals surface area contributed by atoms with Crippen molar-refractivity contribution in [1.82, 2.24) is 24.8 Å². The molecule has 0 amide bonds. The highest BCUT2D eigenvalue weighted by Gasteiger charge is 2.30. The minimum Gasteiger partial charge on any atom is -0.366 e. The largest absolute Gasteiger partial charge is 0.366 e. The van der Waals surface area contributed by atoms with Gasteiger partial charge in [-0.2, -0.15) is 9.61 Å². The topological polar surface area (TPSA) is 116 Å². The lowest BCUT2D eigenvalue weighted by atomic mass is 9.89. The van der Waals surface area contributed by atoms with Crippen LogP contribution in [0, 0.1) is 0 Å². The molecule has 0 bridgehead atoms. The van der Waals surface area contributed by atoms with Crippen molar-refractivity contribution in [2.24, 2.45) is 0 Å². The van der Waals surface area contributed by atoms with Gasteiger partial charge in [-0.05, 0) is 62.4 Å². The summed E-state index contributed by atoms with van der Waals surface area (Å²) >= 11 is 11.9. The normalized spacial score (nSPS) is 13.1. The number of halogens is 2. The summed E-state index contributed by atoms with van der Waals surface area (Å²) in [5.41, 5.74) is 7.43. The summed E-state index contributed by atoms with van der Waals surface area (Å²) in [6, 6.07) is 13.1. The van der Waals surface area contributed by atoms with Crippen LogP contribution in [0.25, 0.3) is 5.78 Å². The second-order valence-corrected chi connectivity index (χ2v) is 8.21. The molecular formula is C22H18Cl2N6O2. The fraction of sp³-hybridized carbons (Fsp3) is 0.182. The van der Waals surface area contributed by atoms with Crippen molar-refractivity contribution in [3.63, 3.8) is 0 Å². The van der Waals surface area contributed by atoms with Gasteiger partial charge in [0.25, 0.3) is 5.78 Å². The summed E-state index contributed by atoms with van der Waals surface area (Å²) in [4.78, 5) is 30.9. The first-order chi connectivity index (χ1) is 15.3. The lowest BCUT2D eigenvalue weighted by Crippen LogP contribution is -2.21. The standard InChI is InChI=1S/C22H18Cl2N6O2/c1-11(19(31)13-3-7-15(23)8-4-13)17-18(29-30-21(25)27-28-22(30)26-17)12(2)20(32)14-5-9-16(24)10-6-14/h3-12H,1-2H3,(H2,25,27)/t11-,12-/m0/s1. The van der Waals surface area contributed by atoms with Gasteiger partial charge in [-0.3, -0.25) is 9.59 Å². The van der Waals surface area contributed by atoms with Crippen LogP contribution < -0.4 is 5.73 Å². The van der Waals surface area contributed by atoms with Crippen LogP contribution in [0.4, 0.5) is 5.95 Å². The van der Waals surface area contributed by atoms with Gasteiger partial charge >= 0.3 is 0 Å². The maximum absolute atomic E-state index is 13.2. The van der Waals surface area contributed by atoms with Crippen LogP contribution in [0.1, 0.15) is 57.8 Å². The number of ketones is 2. The third-order valence-electron chi connectivity index (χ3n) is 5.20. The molecule has 2 N–H and O–H groups in total. The number of nitrogens with two attached hydrogens (primary N) is 1. The molecule has 0 unspecified atom stereocenters. The first kappa shape index (κ1) is 21.9. The van der Waals surface area contributed by atoms with E-state index in [1.54, 1.807) is 62.4 Å². The molecule has 4 aromatic rings. The van der Waals surface area contributed by atoms with Gasteiger partial charge in [0, 0.05) is 21.2 Å². The molecule has 0 saturated carbocycles. The smallest absolute Gasteiger partial charge is 0.273 e. The minimum atomic E-state index is -0.717. The molecule has 10 heteroatoms. The first-order valence-electron chi connectivity index (χ1n) is 9.74. The number of carbonyl (C=O) groups is 2. The Hall–Kier alpha value is -3.36. The second kappa shape index (κ2) is 8.64. The SMILES string of the molecule is C[C@H](C(=O)c1ccc(Cl)cc1)c1nc2nnc(N)n2nc1[C@H](C)C(=O)c1ccc(Cl)cc1. The van der Waals surface area contributed by atoms with Crippen molar-refractivity contribution in [2.75, 3.05) is 5.73 Å². The number of anilines is 1. The van der Waals surface area contributed by atoms with E-state index < -0.39 is 11.8 Å². The minimum absolute atomic E-state index is 0.0307. The number of hydrogen-bond donors (Lipinski definition) is 1. The van der Waals surface area contributed by atoms with Gasteiger partial charge in [-0.1, -0.05) is 23.2 Å². The van der Waals surface area contributed by atoms with Gasteiger partial charge in [0.1, 0.15) is 0 Å². The third kappa shape index (κ3) is 4.06. The van der Waals surface area contributed by atoms with Gasteiger partial charge in [-0.15, -0.1) is 10.2 Å². The fourth-order valence-corrected chi connectivity index (χ4v) is 3.63. The molecule has 0 spiro atoms. The number of carbonyl (C=O) groups excluding carboxylic acids is 2. The van der Waals surface area contributed by atoms with Gasteiger partial charge in [-0.25, -0.2) is 4.98 Å². The first-order valence-corrected chi connectivity index (χ1v) is 10.5. The van der Waals surface area contributed by atoms with E-state index in [1.165, 1.54) is 4.52 Å². The summed E-state index contributed by atoms with van der Waals surface area (Å²) in [5.74, 6) is -1.65. The van der Waals surface area contributed by atoms with Gasteiger partial charge in [0.15, 0.2) is 11.6 Å². The number of hydrogen-bond acceptors (Lipinski definition) is 7. The fourth-order valence-electron chi connectivity index (χ4n) is 3.38. The molecule has 2 aromatic heterocycles. The van der Waals surface area contributed by atoms with E-state index in [4.69, 9.17) is 28.9 Å². The third-order valence-corrected chi connectivity index (χ3v) is 5.71. The van der Waals surface area contributed by atoms with Crippen molar-refractivity contribution < 1.29 is 9.59 Å². The van der Waals surface area contributed by atoms with Crippen molar-refractivity contribution in [2.45, 2.75) is 25.7 Å². The lowest BCUT2D eigenvalue weighted by molar-refractivity contribution is 0.0946. The Kier molecular flexibility index (Phi) is 5.90. The molecule has 2 atom stereocenters. The highest BCUT2D eigenvalue weighted by atomic mass is 35.5. The monoisotopic (exact) mass is 468 g/mol. The summed E-state index contributed by atoms with van der Waals surface area (Å²) in [6.07, 6.45) is 0. The van der Waals surface area contributed by atoms with E-state index in [9.17, 15) is 9.59 Å². The number of nitrogens with zero attached hydrogens (tertiary/aromatic N) is 5. The Morgan fingerprint density at radius 3 is 1.78 bits per heavy atom. The molecule has 2 aromatic carbocycles. The van der Waals surface area contributed by atoms with Crippen LogP contribution in [-0.2, 0) is 0 Å². The predicted octanol–water partition coefficient (Wildman–Crippen LogP) is 4.38. The van der Waals surface area contributed by atoms with Gasteiger partial charge in [0.05, 0.1) is 23.2 Å². The predicted molar refractivity (Wildman–Crippen MR) is 121 cm³/mol. The zero-order valence-corrected chi connectivity index (χ0v) is 18.7. The maximum atomic E-state index is 13.2. The number of Topliss-reactive ketones (excluding diaryl/α,β-unsaturated/α-hetero) is 2. The van der Waals surface area contributed by atoms with E-state index in [-0.39, 0.29) is 23.3 Å². The number of nitrogen functional groups attached to an aromatic ring is 1. The zero-order chi connectivity index (χ0) is 23.0. The molecule has 0 radical (unpaired) electrons. The van der Waals surface area contributed by atoms with Crippen LogP contribution >= 0.6 is 23.2 Å². The molecule has 0 aliphatic rings. The van der Waals surface area contributed by atoms with Crippen LogP contribution in [0.5, 0.6) is 0 Å². The number of benzene rings is 2. The summed E-state index contributed by atoms with van der Waals surface area (Å²) in [6.45, 7) is 3.41. The molecule has 2 heterocycles. The van der Waals surface area contributed by atoms with Crippen LogP contribution in [-0.4, -0.2) is 36.4 Å². The van der Waals surface area contributed by atoms with E-state index in [2.05, 4.69) is 20.3 Å². The van der Waals surface area contributed by atoms with E-state index in [0.717, 1.165) is 0 Å². The Morgan fingerprint density at radius 1 is 0.812 bits per heavy atom. The van der Waals surface area contributed by atoms with E-state index in [0.29, 0.717) is 32.6 Å². The Balaban J connectivity index is 1.80. The highest BCUT2D eigenvalue weighted by molar-refractivity contribution is 6.31. The van der Waals surface area contributed by atoms with Gasteiger partial charge < -0.3 is 5.73 Å². The average molecular weight is 469 g/mol. The summed E-state index contributed by atoms with van der Waals surface area (Å²) < 4.78 is 1.25. The molecule has 8 nitrogen and oxygen atoms in total. The maximum Gasteiger partial charge on any atom is 0.273 e. The van der Waals surface area contributed by atoms with Crippen LogP contribution in [0.15, 0.2) is 48.5 Å². The molecule has 162 valence electrons. The Bertz CT molecular complexity index is 1320. The lowest BCUT2D eigenvalue weighted by Gasteiger charge is -2.18. The van der Waals surface area contributed by atoms with Crippen molar-refractivity contribution in [3.8, 4) is 0 Å². The molecule has 32 heavy (non-hydrogen) atoms. The molecule has 0 aliphatic heterocycles. The summed E-state index contributed by atoms with van der Waals surface area (Å²) in [5, 5.41) is 13.2. The molecule has 4 rings (SSSR count). The Morgan fingerprint density at radius 2 is 1.28 bits per heavy atom. The average Bonchev–Trinajstić information content (AvgIpc) is 3.17. The zero-order valence-electron chi connectivity index (χ0n) is 17.2. The highest BCUT2D eigenvalue weighted by Crippen LogP contribution is 2.29. The number of rotatable bonds is 6. The van der Waals surface area contributed by atoms with Crippen molar-refractivity contribution >= 4 is 46.5 Å². The van der Waals surface area contributed by atoms with E-state index >= 15 is 0 Å². The quantitative estimate of drug-likeness (QED) is 0.417. The summed E-state index contributed by atoms with van der Waals surface area (Å²) in [7, 11) is 0.